The highest BCUT2D eigenvalue weighted by Gasteiger charge is 2.40. The highest BCUT2D eigenvalue weighted by atomic mass is 35.5. The molecule has 1 saturated heterocycles. The number of thiocarbonyl (C=S) groups is 1. The quantitative estimate of drug-likeness (QED) is 0.581. The molecule has 1 heterocycles. The number of benzene rings is 1. The Balaban J connectivity index is 2.34. The van der Waals surface area contributed by atoms with E-state index in [1.54, 1.807) is 0 Å². The Morgan fingerprint density at radius 1 is 1.54 bits per heavy atom. The van der Waals surface area contributed by atoms with Crippen LogP contribution in [0, 0.1) is 5.82 Å². The minimum absolute atomic E-state index is 0.0834. The molecule has 0 aromatic heterocycles. The summed E-state index contributed by atoms with van der Waals surface area (Å²) >= 11 is 12.1. The van der Waals surface area contributed by atoms with E-state index in [1.807, 2.05) is 6.92 Å². The van der Waals surface area contributed by atoms with Gasteiger partial charge in [0, 0.05) is 5.56 Å². The molecule has 1 unspecified atom stereocenters. The normalized spacial score (nSPS) is 17.6. The molecule has 1 aliphatic heterocycles. The fourth-order valence-corrected chi connectivity index (χ4v) is 3.84. The second kappa shape index (κ2) is 8.09. The first-order chi connectivity index (χ1) is 11.4. The number of aliphatic carboxylic acids is 1. The summed E-state index contributed by atoms with van der Waals surface area (Å²) in [7, 11) is 0. The Morgan fingerprint density at radius 3 is 2.83 bits per heavy atom. The lowest BCUT2D eigenvalue weighted by Crippen LogP contribution is -2.43. The molecule has 2 rings (SSSR count). The SMILES string of the molecule is CCCCC(C(=O)O)N1C(=O)/C(=C/c2c(F)cccc2Cl)SC1=S. The maximum absolute atomic E-state index is 13.9. The van der Waals surface area contributed by atoms with Gasteiger partial charge in [-0.05, 0) is 24.6 Å². The Morgan fingerprint density at radius 2 is 2.25 bits per heavy atom. The van der Waals surface area contributed by atoms with Crippen molar-refractivity contribution >= 4 is 57.9 Å². The maximum atomic E-state index is 13.9. The van der Waals surface area contributed by atoms with Crippen LogP contribution in [0.15, 0.2) is 23.1 Å². The van der Waals surface area contributed by atoms with Crippen LogP contribution in [-0.2, 0) is 9.59 Å². The lowest BCUT2D eigenvalue weighted by molar-refractivity contribution is -0.145. The number of halogens is 2. The zero-order valence-corrected chi connectivity index (χ0v) is 15.2. The van der Waals surface area contributed by atoms with Crippen molar-refractivity contribution < 1.29 is 19.1 Å². The van der Waals surface area contributed by atoms with Crippen molar-refractivity contribution in [1.82, 2.24) is 4.90 Å². The van der Waals surface area contributed by atoms with Crippen LogP contribution >= 0.6 is 35.6 Å². The number of carbonyl (C=O) groups is 2. The monoisotopic (exact) mass is 387 g/mol. The summed E-state index contributed by atoms with van der Waals surface area (Å²) in [6, 6.07) is 3.20. The Labute approximate surface area is 153 Å². The molecular weight excluding hydrogens is 373 g/mol. The number of carbonyl (C=O) groups excluding carboxylic acids is 1. The number of hydrogen-bond acceptors (Lipinski definition) is 4. The third-order valence-corrected chi connectivity index (χ3v) is 5.19. The number of nitrogens with zero attached hydrogens (tertiary/aromatic N) is 1. The van der Waals surface area contributed by atoms with E-state index in [9.17, 15) is 19.1 Å². The number of carboxylic acid groups (broad SMARTS) is 1. The molecule has 4 nitrogen and oxygen atoms in total. The predicted octanol–water partition coefficient (Wildman–Crippen LogP) is 4.32. The first kappa shape index (κ1) is 18.9. The Hall–Kier alpha value is -1.44. The third kappa shape index (κ3) is 3.96. The molecule has 0 radical (unpaired) electrons. The van der Waals surface area contributed by atoms with Crippen LogP contribution in [0.4, 0.5) is 4.39 Å². The van der Waals surface area contributed by atoms with Crippen molar-refractivity contribution in [2.24, 2.45) is 0 Å². The number of thioether (sulfide) groups is 1. The molecule has 128 valence electrons. The highest BCUT2D eigenvalue weighted by Crippen LogP contribution is 2.36. The topological polar surface area (TPSA) is 57.6 Å². The minimum Gasteiger partial charge on any atom is -0.480 e. The molecule has 1 aromatic rings. The van der Waals surface area contributed by atoms with Gasteiger partial charge in [0.2, 0.25) is 0 Å². The number of rotatable bonds is 6. The van der Waals surface area contributed by atoms with E-state index in [1.165, 1.54) is 24.3 Å². The predicted molar refractivity (Wildman–Crippen MR) is 97.4 cm³/mol. The van der Waals surface area contributed by atoms with Crippen molar-refractivity contribution in [3.05, 3.63) is 39.5 Å². The van der Waals surface area contributed by atoms with Crippen LogP contribution < -0.4 is 0 Å². The number of amides is 1. The van der Waals surface area contributed by atoms with E-state index in [2.05, 4.69) is 0 Å². The standard InChI is InChI=1S/C16H15ClFNO3S2/c1-2-3-7-12(15(21)22)19-14(20)13(24-16(19)23)8-9-10(17)5-4-6-11(9)18/h4-6,8,12H,2-3,7H2,1H3,(H,21,22)/b13-8-. The fraction of sp³-hybridized carbons (Fsp3) is 0.312. The second-order valence-corrected chi connectivity index (χ2v) is 7.27. The summed E-state index contributed by atoms with van der Waals surface area (Å²) in [5, 5.41) is 9.56. The molecule has 1 atom stereocenters. The van der Waals surface area contributed by atoms with Gasteiger partial charge in [-0.15, -0.1) is 0 Å². The van der Waals surface area contributed by atoms with Gasteiger partial charge in [0.15, 0.2) is 0 Å². The first-order valence-electron chi connectivity index (χ1n) is 7.30. The average Bonchev–Trinajstić information content (AvgIpc) is 2.79. The second-order valence-electron chi connectivity index (χ2n) is 5.18. The minimum atomic E-state index is -1.11. The van der Waals surface area contributed by atoms with Crippen molar-refractivity contribution in [2.75, 3.05) is 0 Å². The van der Waals surface area contributed by atoms with Crippen LogP contribution in [0.3, 0.4) is 0 Å². The largest absolute Gasteiger partial charge is 0.480 e. The van der Waals surface area contributed by atoms with E-state index in [0.29, 0.717) is 12.8 Å². The molecule has 1 fully saturated rings. The van der Waals surface area contributed by atoms with E-state index in [-0.39, 0.29) is 19.8 Å². The summed E-state index contributed by atoms with van der Waals surface area (Å²) in [6.07, 6.45) is 3.09. The summed E-state index contributed by atoms with van der Waals surface area (Å²) in [4.78, 5) is 25.3. The van der Waals surface area contributed by atoms with Crippen LogP contribution in [0.1, 0.15) is 31.7 Å². The lowest BCUT2D eigenvalue weighted by Gasteiger charge is -2.22. The van der Waals surface area contributed by atoms with E-state index in [4.69, 9.17) is 23.8 Å². The van der Waals surface area contributed by atoms with Gasteiger partial charge < -0.3 is 5.11 Å². The molecule has 24 heavy (non-hydrogen) atoms. The molecule has 8 heteroatoms. The van der Waals surface area contributed by atoms with Gasteiger partial charge in [0.25, 0.3) is 5.91 Å². The van der Waals surface area contributed by atoms with Gasteiger partial charge >= 0.3 is 5.97 Å². The van der Waals surface area contributed by atoms with Crippen LogP contribution in [0.25, 0.3) is 6.08 Å². The van der Waals surface area contributed by atoms with Gasteiger partial charge in [-0.25, -0.2) is 9.18 Å². The maximum Gasteiger partial charge on any atom is 0.326 e. The number of carboxylic acids is 1. The summed E-state index contributed by atoms with van der Waals surface area (Å²) < 4.78 is 14.0. The van der Waals surface area contributed by atoms with Gasteiger partial charge in [-0.3, -0.25) is 9.69 Å². The molecule has 1 amide bonds. The summed E-state index contributed by atoms with van der Waals surface area (Å²) in [5.41, 5.74) is 0.0834. The molecule has 1 aromatic carbocycles. The highest BCUT2D eigenvalue weighted by molar-refractivity contribution is 8.26. The van der Waals surface area contributed by atoms with Crippen LogP contribution in [0.5, 0.6) is 0 Å². The zero-order valence-electron chi connectivity index (χ0n) is 12.8. The van der Waals surface area contributed by atoms with Crippen LogP contribution in [0.2, 0.25) is 5.02 Å². The summed E-state index contributed by atoms with van der Waals surface area (Å²) in [5.74, 6) is -2.20. The average molecular weight is 388 g/mol. The molecule has 1 N–H and O–H groups in total. The van der Waals surface area contributed by atoms with E-state index >= 15 is 0 Å². The molecular formula is C16H15ClFNO3S2. The van der Waals surface area contributed by atoms with Crippen molar-refractivity contribution in [2.45, 2.75) is 32.2 Å². The number of hydrogen-bond donors (Lipinski definition) is 1. The molecule has 1 aliphatic rings. The van der Waals surface area contributed by atoms with Crippen LogP contribution in [-0.4, -0.2) is 32.2 Å². The van der Waals surface area contributed by atoms with Gasteiger partial charge in [0.1, 0.15) is 16.2 Å². The Kier molecular flexibility index (Phi) is 6.37. The zero-order chi connectivity index (χ0) is 17.9. The molecule has 0 saturated carbocycles. The van der Waals surface area contributed by atoms with Crippen molar-refractivity contribution in [3.63, 3.8) is 0 Å². The smallest absolute Gasteiger partial charge is 0.326 e. The van der Waals surface area contributed by atoms with E-state index < -0.39 is 23.7 Å². The van der Waals surface area contributed by atoms with E-state index in [0.717, 1.165) is 23.1 Å². The summed E-state index contributed by atoms with van der Waals surface area (Å²) in [6.45, 7) is 1.93. The fourth-order valence-electron chi connectivity index (χ4n) is 2.29. The number of unbranched alkanes of at least 4 members (excludes halogenated alkanes) is 1. The third-order valence-electron chi connectivity index (χ3n) is 3.53. The first-order valence-corrected chi connectivity index (χ1v) is 8.91. The molecule has 0 spiro atoms. The van der Waals surface area contributed by atoms with Gasteiger partial charge in [-0.1, -0.05) is 61.4 Å². The lowest BCUT2D eigenvalue weighted by atomic mass is 10.1. The van der Waals surface area contributed by atoms with Crippen molar-refractivity contribution in [1.29, 1.82) is 0 Å². The molecule has 0 aliphatic carbocycles. The van der Waals surface area contributed by atoms with Gasteiger partial charge in [-0.2, -0.15) is 0 Å². The van der Waals surface area contributed by atoms with Gasteiger partial charge in [0.05, 0.1) is 9.93 Å². The molecule has 0 bridgehead atoms. The van der Waals surface area contributed by atoms with Crippen molar-refractivity contribution in [3.8, 4) is 0 Å². The Bertz CT molecular complexity index is 703.